The van der Waals surface area contributed by atoms with Crippen molar-refractivity contribution in [2.75, 3.05) is 56.0 Å². The molecule has 1 aliphatic heterocycles. The fourth-order valence-electron chi connectivity index (χ4n) is 4.56. The van der Waals surface area contributed by atoms with Gasteiger partial charge >= 0.3 is 0 Å². The zero-order chi connectivity index (χ0) is 30.2. The molecular formula is C30H31ClN6O5S. The van der Waals surface area contributed by atoms with E-state index in [0.29, 0.717) is 35.2 Å². The van der Waals surface area contributed by atoms with Crippen molar-refractivity contribution in [1.29, 1.82) is 0 Å². The second-order valence-corrected chi connectivity index (χ2v) is 11.8. The monoisotopic (exact) mass is 622 g/mol. The highest BCUT2D eigenvalue weighted by molar-refractivity contribution is 7.92. The minimum absolute atomic E-state index is 0.00361. The van der Waals surface area contributed by atoms with Crippen LogP contribution in [0.25, 0.3) is 0 Å². The fourth-order valence-corrected chi connectivity index (χ4v) is 5.79. The minimum atomic E-state index is -3.98. The number of sulfonamides is 1. The quantitative estimate of drug-likeness (QED) is 0.252. The molecule has 11 nitrogen and oxygen atoms in total. The normalized spacial score (nSPS) is 13.8. The summed E-state index contributed by atoms with van der Waals surface area (Å²) in [4.78, 5) is 25.7. The van der Waals surface area contributed by atoms with Gasteiger partial charge in [0.1, 0.15) is 5.82 Å². The summed E-state index contributed by atoms with van der Waals surface area (Å²) in [5, 5.41) is 3.39. The van der Waals surface area contributed by atoms with Gasteiger partial charge in [0, 0.05) is 68.3 Å². The Morgan fingerprint density at radius 2 is 1.72 bits per heavy atom. The molecule has 0 atom stereocenters. The highest BCUT2D eigenvalue weighted by atomic mass is 35.5. The van der Waals surface area contributed by atoms with Crippen LogP contribution in [0, 0.1) is 0 Å². The van der Waals surface area contributed by atoms with Crippen LogP contribution in [-0.2, 0) is 10.0 Å². The highest BCUT2D eigenvalue weighted by Crippen LogP contribution is 2.37. The summed E-state index contributed by atoms with van der Waals surface area (Å²) in [6.07, 6.45) is 5.10. The third-order valence-corrected chi connectivity index (χ3v) is 8.48. The summed E-state index contributed by atoms with van der Waals surface area (Å²) in [5.74, 6) is 1.65. The minimum Gasteiger partial charge on any atom is -0.493 e. The third kappa shape index (κ3) is 7.72. The first kappa shape index (κ1) is 30.1. The summed E-state index contributed by atoms with van der Waals surface area (Å²) < 4.78 is 40.2. The van der Waals surface area contributed by atoms with Gasteiger partial charge in [0.15, 0.2) is 17.2 Å². The van der Waals surface area contributed by atoms with Gasteiger partial charge in [-0.1, -0.05) is 23.7 Å². The van der Waals surface area contributed by atoms with Gasteiger partial charge in [-0.15, -0.1) is 0 Å². The number of piperazine rings is 1. The Labute approximate surface area is 255 Å². The molecule has 224 valence electrons. The molecule has 2 heterocycles. The number of carbonyl (C=O) groups is 1. The van der Waals surface area contributed by atoms with E-state index >= 15 is 0 Å². The van der Waals surface area contributed by atoms with E-state index in [9.17, 15) is 13.2 Å². The Balaban J connectivity index is 1.14. The number of ether oxygens (including phenoxy) is 2. The topological polar surface area (TPSA) is 126 Å². The zero-order valence-electron chi connectivity index (χ0n) is 23.4. The molecule has 0 saturated carbocycles. The molecule has 1 aliphatic rings. The van der Waals surface area contributed by atoms with Crippen LogP contribution in [0.2, 0.25) is 5.02 Å². The van der Waals surface area contributed by atoms with Crippen LogP contribution in [0.3, 0.4) is 0 Å². The Kier molecular flexibility index (Phi) is 9.60. The molecular weight excluding hydrogens is 592 g/mol. The molecule has 5 rings (SSSR count). The van der Waals surface area contributed by atoms with Gasteiger partial charge in [0.05, 0.1) is 23.9 Å². The van der Waals surface area contributed by atoms with E-state index < -0.39 is 10.0 Å². The number of nitrogens with one attached hydrogen (secondary N) is 2. The number of hydrogen-bond donors (Lipinski definition) is 2. The van der Waals surface area contributed by atoms with Crippen molar-refractivity contribution in [3.63, 3.8) is 0 Å². The van der Waals surface area contributed by atoms with E-state index in [0.717, 1.165) is 32.0 Å². The lowest BCUT2D eigenvalue weighted by Crippen LogP contribution is -2.48. The molecule has 1 fully saturated rings. The lowest BCUT2D eigenvalue weighted by molar-refractivity contribution is 0.0947. The van der Waals surface area contributed by atoms with E-state index in [2.05, 4.69) is 29.8 Å². The van der Waals surface area contributed by atoms with Crippen LogP contribution in [0.1, 0.15) is 10.4 Å². The Bertz CT molecular complexity index is 1650. The van der Waals surface area contributed by atoms with Crippen molar-refractivity contribution in [3.05, 3.63) is 95.9 Å². The second-order valence-electron chi connectivity index (χ2n) is 9.67. The molecule has 1 saturated heterocycles. The number of benzene rings is 3. The van der Waals surface area contributed by atoms with Gasteiger partial charge in [-0.05, 0) is 48.5 Å². The Hall–Kier alpha value is -4.39. The number of aromatic nitrogens is 2. The molecule has 13 heteroatoms. The van der Waals surface area contributed by atoms with E-state index in [-0.39, 0.29) is 22.2 Å². The highest BCUT2D eigenvalue weighted by Gasteiger charge is 2.20. The van der Waals surface area contributed by atoms with Crippen LogP contribution in [0.4, 0.5) is 11.5 Å². The SMILES string of the molecule is COc1cc(Cl)ccc1Oc1ccccc1NS(=O)(=O)c1ccc(C(=O)NCCN2CCN(c3cnccn3)CC2)cc1. The van der Waals surface area contributed by atoms with Crippen molar-refractivity contribution >= 4 is 39.0 Å². The average molecular weight is 623 g/mol. The number of para-hydroxylation sites is 2. The van der Waals surface area contributed by atoms with Crippen LogP contribution in [0.5, 0.6) is 17.2 Å². The van der Waals surface area contributed by atoms with Crippen molar-refractivity contribution < 1.29 is 22.7 Å². The van der Waals surface area contributed by atoms with Crippen molar-refractivity contribution in [2.24, 2.45) is 0 Å². The molecule has 1 aromatic heterocycles. The zero-order valence-corrected chi connectivity index (χ0v) is 25.0. The molecule has 0 aliphatic carbocycles. The van der Waals surface area contributed by atoms with E-state index in [4.69, 9.17) is 21.1 Å². The summed E-state index contributed by atoms with van der Waals surface area (Å²) in [6, 6.07) is 17.3. The van der Waals surface area contributed by atoms with E-state index in [1.807, 2.05) is 0 Å². The number of nitrogens with zero attached hydrogens (tertiary/aromatic N) is 4. The van der Waals surface area contributed by atoms with Gasteiger partial charge in [0.25, 0.3) is 15.9 Å². The molecule has 0 bridgehead atoms. The van der Waals surface area contributed by atoms with Crippen molar-refractivity contribution in [3.8, 4) is 17.2 Å². The first-order valence-corrected chi connectivity index (χ1v) is 15.4. The lowest BCUT2D eigenvalue weighted by Gasteiger charge is -2.35. The number of anilines is 2. The maximum atomic E-state index is 13.2. The first-order valence-electron chi connectivity index (χ1n) is 13.6. The number of hydrogen-bond acceptors (Lipinski definition) is 9. The first-order chi connectivity index (χ1) is 20.8. The molecule has 43 heavy (non-hydrogen) atoms. The molecule has 3 aromatic carbocycles. The van der Waals surface area contributed by atoms with Crippen LogP contribution >= 0.6 is 11.6 Å². The van der Waals surface area contributed by atoms with Crippen LogP contribution in [0.15, 0.2) is 90.2 Å². The van der Waals surface area contributed by atoms with Gasteiger partial charge < -0.3 is 19.7 Å². The van der Waals surface area contributed by atoms with Gasteiger partial charge in [-0.2, -0.15) is 0 Å². The molecule has 1 amide bonds. The number of amides is 1. The lowest BCUT2D eigenvalue weighted by atomic mass is 10.2. The average Bonchev–Trinajstić information content (AvgIpc) is 3.03. The Morgan fingerprint density at radius 3 is 2.44 bits per heavy atom. The largest absolute Gasteiger partial charge is 0.493 e. The molecule has 2 N–H and O–H groups in total. The van der Waals surface area contributed by atoms with E-state index in [1.165, 1.54) is 31.4 Å². The van der Waals surface area contributed by atoms with Gasteiger partial charge in [-0.3, -0.25) is 19.4 Å². The predicted octanol–water partition coefficient (Wildman–Crippen LogP) is 4.28. The number of halogens is 1. The molecule has 4 aromatic rings. The smallest absolute Gasteiger partial charge is 0.262 e. The summed E-state index contributed by atoms with van der Waals surface area (Å²) in [5.41, 5.74) is 0.601. The van der Waals surface area contributed by atoms with Crippen LogP contribution in [-0.4, -0.2) is 75.6 Å². The maximum Gasteiger partial charge on any atom is 0.262 e. The maximum absolute atomic E-state index is 13.2. The predicted molar refractivity (Wildman–Crippen MR) is 165 cm³/mol. The third-order valence-electron chi connectivity index (χ3n) is 6.86. The standard InChI is InChI=1S/C30H31ClN6O5S/c1-41-28-20-23(31)8-11-27(28)42-26-5-3-2-4-25(26)35-43(39,40)24-9-6-22(7-10-24)30(38)34-14-15-36-16-18-37(19-17-36)29-21-32-12-13-33-29/h2-13,20-21,35H,14-19H2,1H3,(H,34,38). The second kappa shape index (κ2) is 13.7. The number of carbonyl (C=O) groups excluding carboxylic acids is 1. The number of rotatable bonds is 11. The van der Waals surface area contributed by atoms with E-state index in [1.54, 1.807) is 61.1 Å². The fraction of sp³-hybridized carbons (Fsp3) is 0.233. The van der Waals surface area contributed by atoms with Gasteiger partial charge in [0.2, 0.25) is 0 Å². The summed E-state index contributed by atoms with van der Waals surface area (Å²) >= 11 is 6.04. The number of methoxy groups -OCH3 is 1. The summed E-state index contributed by atoms with van der Waals surface area (Å²) in [7, 11) is -2.49. The van der Waals surface area contributed by atoms with Crippen molar-refractivity contribution in [2.45, 2.75) is 4.90 Å². The van der Waals surface area contributed by atoms with Crippen LogP contribution < -0.4 is 24.4 Å². The van der Waals surface area contributed by atoms with Gasteiger partial charge in [-0.25, -0.2) is 13.4 Å². The Morgan fingerprint density at radius 1 is 0.953 bits per heavy atom. The molecule has 0 unspecified atom stereocenters. The molecule has 0 spiro atoms. The molecule has 0 radical (unpaired) electrons. The summed E-state index contributed by atoms with van der Waals surface area (Å²) in [6.45, 7) is 4.56. The van der Waals surface area contributed by atoms with Crippen molar-refractivity contribution in [1.82, 2.24) is 20.2 Å².